The molecular weight excluding hydrogens is 469 g/mol. The summed E-state index contributed by atoms with van der Waals surface area (Å²) in [4.78, 5) is 29.6. The number of hydrogen-bond acceptors (Lipinski definition) is 4. The van der Waals surface area contributed by atoms with Gasteiger partial charge in [-0.05, 0) is 79.6 Å². The molecule has 2 aliphatic heterocycles. The van der Waals surface area contributed by atoms with Gasteiger partial charge in [0, 0.05) is 50.7 Å². The van der Waals surface area contributed by atoms with Crippen LogP contribution in [-0.2, 0) is 27.7 Å². The van der Waals surface area contributed by atoms with Gasteiger partial charge < -0.3 is 9.80 Å². The fourth-order valence-corrected chi connectivity index (χ4v) is 6.84. The van der Waals surface area contributed by atoms with Crippen molar-refractivity contribution in [2.75, 3.05) is 39.3 Å². The first-order valence-corrected chi connectivity index (χ1v) is 13.7. The van der Waals surface area contributed by atoms with E-state index in [1.54, 1.807) is 15.9 Å². The van der Waals surface area contributed by atoms with Crippen molar-refractivity contribution in [3.63, 3.8) is 0 Å². The van der Waals surface area contributed by atoms with E-state index in [0.29, 0.717) is 49.5 Å². The van der Waals surface area contributed by atoms with E-state index in [1.165, 1.54) is 34.1 Å². The number of sulfonamides is 1. The van der Waals surface area contributed by atoms with Gasteiger partial charge in [-0.1, -0.05) is 6.07 Å². The topological polar surface area (TPSA) is 78.0 Å². The number of fused-ring (bicyclic) bond motifs is 1. The first kappa shape index (κ1) is 23.9. The Labute approximate surface area is 205 Å². The van der Waals surface area contributed by atoms with Crippen LogP contribution >= 0.6 is 0 Å². The Kier molecular flexibility index (Phi) is 6.63. The molecule has 0 N–H and O–H groups in total. The average molecular weight is 500 g/mol. The number of rotatable bonds is 4. The summed E-state index contributed by atoms with van der Waals surface area (Å²) in [6.45, 7) is 2.26. The molecule has 35 heavy (non-hydrogen) atoms. The number of aryl methyl sites for hydroxylation is 2. The van der Waals surface area contributed by atoms with Gasteiger partial charge >= 0.3 is 0 Å². The van der Waals surface area contributed by atoms with E-state index >= 15 is 0 Å². The highest BCUT2D eigenvalue weighted by atomic mass is 32.2. The van der Waals surface area contributed by atoms with Crippen molar-refractivity contribution >= 4 is 21.8 Å². The summed E-state index contributed by atoms with van der Waals surface area (Å²) in [6.07, 6.45) is 4.14. The third-order valence-electron chi connectivity index (χ3n) is 7.48. The summed E-state index contributed by atoms with van der Waals surface area (Å²) < 4.78 is 40.9. The lowest BCUT2D eigenvalue weighted by molar-refractivity contribution is -0.138. The lowest BCUT2D eigenvalue weighted by atomic mass is 9.94. The monoisotopic (exact) mass is 499 g/mol. The number of halogens is 1. The summed E-state index contributed by atoms with van der Waals surface area (Å²) in [5.74, 6) is -0.673. The van der Waals surface area contributed by atoms with Gasteiger partial charge in [0.25, 0.3) is 5.91 Å². The molecule has 5 rings (SSSR count). The first-order valence-electron chi connectivity index (χ1n) is 12.3. The number of benzene rings is 2. The number of likely N-dealkylation sites (tertiary alicyclic amines) is 1. The summed E-state index contributed by atoms with van der Waals surface area (Å²) >= 11 is 0. The van der Waals surface area contributed by atoms with Gasteiger partial charge in [-0.3, -0.25) is 9.59 Å². The van der Waals surface area contributed by atoms with Crippen molar-refractivity contribution in [3.8, 4) is 0 Å². The van der Waals surface area contributed by atoms with Crippen LogP contribution in [0.4, 0.5) is 4.39 Å². The van der Waals surface area contributed by atoms with E-state index in [4.69, 9.17) is 0 Å². The van der Waals surface area contributed by atoms with Gasteiger partial charge in [-0.15, -0.1) is 0 Å². The molecule has 9 heteroatoms. The maximum Gasteiger partial charge on any atom is 0.253 e. The van der Waals surface area contributed by atoms with E-state index in [-0.39, 0.29) is 36.6 Å². The minimum atomic E-state index is -3.58. The van der Waals surface area contributed by atoms with Crippen molar-refractivity contribution < 1.29 is 22.4 Å². The van der Waals surface area contributed by atoms with E-state index in [1.807, 2.05) is 12.1 Å². The summed E-state index contributed by atoms with van der Waals surface area (Å²) in [5.41, 5.74) is 2.81. The molecule has 2 aromatic carbocycles. The first-order chi connectivity index (χ1) is 16.8. The molecule has 1 aliphatic carbocycles. The smallest absolute Gasteiger partial charge is 0.253 e. The fourth-order valence-electron chi connectivity index (χ4n) is 5.37. The van der Waals surface area contributed by atoms with Crippen LogP contribution in [0.15, 0.2) is 47.4 Å². The highest BCUT2D eigenvalue weighted by molar-refractivity contribution is 7.89. The van der Waals surface area contributed by atoms with E-state index in [0.717, 1.165) is 24.8 Å². The molecule has 0 spiro atoms. The zero-order valence-corrected chi connectivity index (χ0v) is 20.5. The second-order valence-electron chi connectivity index (χ2n) is 9.59. The van der Waals surface area contributed by atoms with Gasteiger partial charge in [-0.25, -0.2) is 12.8 Å². The van der Waals surface area contributed by atoms with Crippen LogP contribution in [0.3, 0.4) is 0 Å². The predicted octanol–water partition coefficient (Wildman–Crippen LogP) is 2.70. The standard InChI is InChI=1S/C26H30FN3O4S/c27-23-7-4-20(5-8-23)25(31)28-12-10-21(11-13-28)26(32)29-14-16-30(17-15-29)35(33,34)24-9-6-19-2-1-3-22(19)18-24/h4-9,18,21H,1-3,10-17H2. The van der Waals surface area contributed by atoms with Crippen molar-refractivity contribution in [1.29, 1.82) is 0 Å². The molecule has 2 amide bonds. The van der Waals surface area contributed by atoms with Crippen molar-refractivity contribution in [3.05, 3.63) is 65.0 Å². The van der Waals surface area contributed by atoms with Crippen molar-refractivity contribution in [2.45, 2.75) is 37.0 Å². The SMILES string of the molecule is O=C(c1ccc(F)cc1)N1CCC(C(=O)N2CCN(S(=O)(=O)c3ccc4c(c3)CCC4)CC2)CC1. The molecule has 0 radical (unpaired) electrons. The third kappa shape index (κ3) is 4.84. The van der Waals surface area contributed by atoms with Crippen LogP contribution in [0, 0.1) is 11.7 Å². The largest absolute Gasteiger partial charge is 0.340 e. The highest BCUT2D eigenvalue weighted by Gasteiger charge is 2.35. The number of nitrogens with zero attached hydrogens (tertiary/aromatic N) is 3. The molecule has 2 fully saturated rings. The quantitative estimate of drug-likeness (QED) is 0.648. The highest BCUT2D eigenvalue weighted by Crippen LogP contribution is 2.27. The molecule has 186 valence electrons. The van der Waals surface area contributed by atoms with Crippen LogP contribution < -0.4 is 0 Å². The van der Waals surface area contributed by atoms with Crippen molar-refractivity contribution in [2.24, 2.45) is 5.92 Å². The zero-order valence-electron chi connectivity index (χ0n) is 19.7. The Bertz CT molecular complexity index is 1220. The molecular formula is C26H30FN3O4S. The lowest BCUT2D eigenvalue weighted by Crippen LogP contribution is -2.53. The minimum Gasteiger partial charge on any atom is -0.340 e. The second kappa shape index (κ2) is 9.70. The number of carbonyl (C=O) groups excluding carboxylic acids is 2. The summed E-state index contributed by atoms with van der Waals surface area (Å²) in [7, 11) is -3.58. The van der Waals surface area contributed by atoms with Gasteiger partial charge in [-0.2, -0.15) is 4.31 Å². The zero-order chi connectivity index (χ0) is 24.6. The van der Waals surface area contributed by atoms with Crippen molar-refractivity contribution in [1.82, 2.24) is 14.1 Å². The normalized spacial score (nSPS) is 19.6. The molecule has 2 aromatic rings. The molecule has 0 atom stereocenters. The van der Waals surface area contributed by atoms with Gasteiger partial charge in [0.05, 0.1) is 4.90 Å². The average Bonchev–Trinajstić information content (AvgIpc) is 3.37. The van der Waals surface area contributed by atoms with Crippen LogP contribution in [0.2, 0.25) is 0 Å². The number of carbonyl (C=O) groups is 2. The number of piperazine rings is 1. The van der Waals surface area contributed by atoms with Crippen LogP contribution in [-0.4, -0.2) is 73.6 Å². The fraction of sp³-hybridized carbons (Fsp3) is 0.462. The minimum absolute atomic E-state index is 0.0356. The van der Waals surface area contributed by atoms with E-state index in [9.17, 15) is 22.4 Å². The van der Waals surface area contributed by atoms with Crippen LogP contribution in [0.5, 0.6) is 0 Å². The molecule has 3 aliphatic rings. The molecule has 0 aromatic heterocycles. The summed E-state index contributed by atoms with van der Waals surface area (Å²) in [5, 5.41) is 0. The van der Waals surface area contributed by atoms with Gasteiger partial charge in [0.15, 0.2) is 0 Å². The predicted molar refractivity (Wildman–Crippen MR) is 129 cm³/mol. The Morgan fingerprint density at radius 1 is 0.800 bits per heavy atom. The Balaban J connectivity index is 1.14. The molecule has 0 saturated carbocycles. The lowest BCUT2D eigenvalue weighted by Gasteiger charge is -2.38. The molecule has 2 saturated heterocycles. The number of amides is 2. The van der Waals surface area contributed by atoms with E-state index in [2.05, 4.69) is 0 Å². The Morgan fingerprint density at radius 3 is 2.14 bits per heavy atom. The molecule has 0 unspecified atom stereocenters. The molecule has 2 heterocycles. The molecule has 7 nitrogen and oxygen atoms in total. The second-order valence-corrected chi connectivity index (χ2v) is 11.5. The Morgan fingerprint density at radius 2 is 1.46 bits per heavy atom. The maximum absolute atomic E-state index is 13.2. The third-order valence-corrected chi connectivity index (χ3v) is 9.38. The van der Waals surface area contributed by atoms with Gasteiger partial charge in [0.1, 0.15) is 5.82 Å². The van der Waals surface area contributed by atoms with Crippen LogP contribution in [0.1, 0.15) is 40.7 Å². The number of piperidine rings is 1. The van der Waals surface area contributed by atoms with Gasteiger partial charge in [0.2, 0.25) is 15.9 Å². The maximum atomic E-state index is 13.2. The Hall–Kier alpha value is -2.78. The molecule has 0 bridgehead atoms. The number of hydrogen-bond donors (Lipinski definition) is 0. The van der Waals surface area contributed by atoms with Crippen LogP contribution in [0.25, 0.3) is 0 Å². The summed E-state index contributed by atoms with van der Waals surface area (Å²) in [6, 6.07) is 11.0. The van der Waals surface area contributed by atoms with E-state index < -0.39 is 10.0 Å².